The molecule has 0 spiro atoms. The Hall–Kier alpha value is -1.37. The standard InChI is InChI=1S/C27H42O6Si2/c1-28-27-26(30-19-22-16-12-9-13-17-22)25(33-35(5,6)7)24(32-34(2,3)4)23(31-27)20-29-18-21-14-10-8-11-15-21/h8-17,23-27H,18-20H2,1-7H3/t23-,24+,25+,26-,27+/m1/s1. The molecule has 1 aliphatic rings. The minimum Gasteiger partial charge on any atom is -0.409 e. The molecule has 5 atom stereocenters. The van der Waals surface area contributed by atoms with Crippen LogP contribution in [-0.4, -0.2) is 61.1 Å². The van der Waals surface area contributed by atoms with Crippen LogP contribution < -0.4 is 0 Å². The molecule has 35 heavy (non-hydrogen) atoms. The van der Waals surface area contributed by atoms with Crippen LogP contribution in [0.1, 0.15) is 11.1 Å². The van der Waals surface area contributed by atoms with E-state index in [1.165, 1.54) is 0 Å². The third-order valence-electron chi connectivity index (χ3n) is 5.48. The van der Waals surface area contributed by atoms with Crippen LogP contribution in [0.5, 0.6) is 0 Å². The molecule has 0 radical (unpaired) electrons. The fraction of sp³-hybridized carbons (Fsp3) is 0.556. The summed E-state index contributed by atoms with van der Waals surface area (Å²) < 4.78 is 38.3. The molecule has 6 nitrogen and oxygen atoms in total. The van der Waals surface area contributed by atoms with Gasteiger partial charge in [-0.2, -0.15) is 0 Å². The first kappa shape index (κ1) is 28.2. The zero-order chi connectivity index (χ0) is 25.5. The van der Waals surface area contributed by atoms with Gasteiger partial charge in [0.05, 0.1) is 19.8 Å². The highest BCUT2D eigenvalue weighted by Crippen LogP contribution is 2.33. The van der Waals surface area contributed by atoms with E-state index in [1.807, 2.05) is 36.4 Å². The van der Waals surface area contributed by atoms with Gasteiger partial charge in [0.25, 0.3) is 0 Å². The normalized spacial score (nSPS) is 25.5. The summed E-state index contributed by atoms with van der Waals surface area (Å²) in [4.78, 5) is 0. The van der Waals surface area contributed by atoms with Crippen LogP contribution in [0, 0.1) is 0 Å². The van der Waals surface area contributed by atoms with Crippen molar-refractivity contribution in [3.63, 3.8) is 0 Å². The van der Waals surface area contributed by atoms with Gasteiger partial charge in [0.15, 0.2) is 22.9 Å². The number of ether oxygens (including phenoxy) is 4. The molecule has 0 bridgehead atoms. The number of methoxy groups -OCH3 is 1. The third kappa shape index (κ3) is 9.22. The van der Waals surface area contributed by atoms with Crippen LogP contribution in [0.3, 0.4) is 0 Å². The lowest BCUT2D eigenvalue weighted by atomic mass is 9.99. The molecule has 1 fully saturated rings. The van der Waals surface area contributed by atoms with Crippen LogP contribution in [0.2, 0.25) is 39.3 Å². The first-order chi connectivity index (χ1) is 16.6. The Balaban J connectivity index is 1.83. The molecule has 194 valence electrons. The summed E-state index contributed by atoms with van der Waals surface area (Å²) in [6, 6.07) is 20.3. The first-order valence-corrected chi connectivity index (χ1v) is 19.2. The predicted molar refractivity (Wildman–Crippen MR) is 143 cm³/mol. The number of benzene rings is 2. The molecule has 1 saturated heterocycles. The summed E-state index contributed by atoms with van der Waals surface area (Å²) in [5.41, 5.74) is 2.21. The zero-order valence-corrected chi connectivity index (χ0v) is 24.2. The van der Waals surface area contributed by atoms with E-state index in [2.05, 4.69) is 63.5 Å². The quantitative estimate of drug-likeness (QED) is 0.341. The van der Waals surface area contributed by atoms with Crippen LogP contribution in [0.25, 0.3) is 0 Å². The van der Waals surface area contributed by atoms with Crippen molar-refractivity contribution in [1.29, 1.82) is 0 Å². The van der Waals surface area contributed by atoms with Crippen molar-refractivity contribution in [1.82, 2.24) is 0 Å². The second-order valence-corrected chi connectivity index (χ2v) is 19.9. The van der Waals surface area contributed by atoms with E-state index in [4.69, 9.17) is 27.8 Å². The molecule has 0 amide bonds. The topological polar surface area (TPSA) is 55.4 Å². The molecular weight excluding hydrogens is 476 g/mol. The second-order valence-electron chi connectivity index (χ2n) is 10.9. The van der Waals surface area contributed by atoms with E-state index in [0.29, 0.717) is 19.8 Å². The maximum Gasteiger partial charge on any atom is 0.186 e. The van der Waals surface area contributed by atoms with Crippen LogP contribution in [0.4, 0.5) is 0 Å². The number of rotatable bonds is 12. The fourth-order valence-corrected chi connectivity index (χ4v) is 6.29. The summed E-state index contributed by atoms with van der Waals surface area (Å²) in [6.07, 6.45) is -2.02. The largest absolute Gasteiger partial charge is 0.409 e. The van der Waals surface area contributed by atoms with Crippen LogP contribution >= 0.6 is 0 Å². The third-order valence-corrected chi connectivity index (χ3v) is 7.44. The van der Waals surface area contributed by atoms with Crippen molar-refractivity contribution in [2.45, 2.75) is 83.2 Å². The molecule has 1 heterocycles. The number of hydrogen-bond donors (Lipinski definition) is 0. The van der Waals surface area contributed by atoms with Gasteiger partial charge in [-0.25, -0.2) is 0 Å². The molecule has 8 heteroatoms. The van der Waals surface area contributed by atoms with Gasteiger partial charge in [-0.15, -0.1) is 0 Å². The minimum absolute atomic E-state index is 0.323. The molecule has 0 unspecified atom stereocenters. The van der Waals surface area contributed by atoms with Gasteiger partial charge < -0.3 is 27.8 Å². The van der Waals surface area contributed by atoms with Crippen molar-refractivity contribution in [2.24, 2.45) is 0 Å². The van der Waals surface area contributed by atoms with E-state index in [0.717, 1.165) is 11.1 Å². The summed E-state index contributed by atoms with van der Waals surface area (Å²) in [5.74, 6) is 0. The first-order valence-electron chi connectivity index (χ1n) is 12.4. The Morgan fingerprint density at radius 2 is 1.20 bits per heavy atom. The molecule has 2 aromatic carbocycles. The van der Waals surface area contributed by atoms with Crippen LogP contribution in [0.15, 0.2) is 60.7 Å². The van der Waals surface area contributed by atoms with E-state index < -0.39 is 29.0 Å². The summed E-state index contributed by atoms with van der Waals surface area (Å²) in [5, 5.41) is 0. The Morgan fingerprint density at radius 1 is 0.686 bits per heavy atom. The average Bonchev–Trinajstić information content (AvgIpc) is 2.79. The zero-order valence-electron chi connectivity index (χ0n) is 22.2. The fourth-order valence-electron chi connectivity index (χ4n) is 4.11. The van der Waals surface area contributed by atoms with Crippen molar-refractivity contribution >= 4 is 16.6 Å². The highest BCUT2D eigenvalue weighted by atomic mass is 28.4. The highest BCUT2D eigenvalue weighted by molar-refractivity contribution is 6.70. The molecule has 0 N–H and O–H groups in total. The lowest BCUT2D eigenvalue weighted by molar-refractivity contribution is -0.301. The molecule has 3 rings (SSSR count). The van der Waals surface area contributed by atoms with E-state index in [9.17, 15) is 0 Å². The minimum atomic E-state index is -1.96. The highest BCUT2D eigenvalue weighted by Gasteiger charge is 2.50. The monoisotopic (exact) mass is 518 g/mol. The summed E-state index contributed by atoms with van der Waals surface area (Å²) in [6.45, 7) is 14.4. The Bertz CT molecular complexity index is 869. The molecule has 2 aromatic rings. The van der Waals surface area contributed by atoms with Crippen LogP contribution in [-0.2, 0) is 41.0 Å². The molecule has 0 aliphatic carbocycles. The Labute approximate surface area is 213 Å². The molecule has 1 aliphatic heterocycles. The summed E-state index contributed by atoms with van der Waals surface area (Å²) in [7, 11) is -2.27. The Kier molecular flexibility index (Phi) is 10.3. The van der Waals surface area contributed by atoms with Gasteiger partial charge in [0, 0.05) is 7.11 Å². The van der Waals surface area contributed by atoms with Crippen molar-refractivity contribution in [3.05, 3.63) is 71.8 Å². The van der Waals surface area contributed by atoms with Gasteiger partial charge in [-0.1, -0.05) is 60.7 Å². The van der Waals surface area contributed by atoms with E-state index >= 15 is 0 Å². The van der Waals surface area contributed by atoms with Crippen molar-refractivity contribution in [2.75, 3.05) is 13.7 Å². The maximum atomic E-state index is 6.76. The number of hydrogen-bond acceptors (Lipinski definition) is 6. The van der Waals surface area contributed by atoms with Gasteiger partial charge in [-0.3, -0.25) is 0 Å². The van der Waals surface area contributed by atoms with Gasteiger partial charge in [0.1, 0.15) is 24.4 Å². The van der Waals surface area contributed by atoms with Gasteiger partial charge in [0.2, 0.25) is 0 Å². The Morgan fingerprint density at radius 3 is 1.71 bits per heavy atom. The molecule has 0 aromatic heterocycles. The van der Waals surface area contributed by atoms with Crippen molar-refractivity contribution in [3.8, 4) is 0 Å². The maximum absolute atomic E-state index is 6.76. The van der Waals surface area contributed by atoms with Crippen molar-refractivity contribution < 1.29 is 27.8 Å². The van der Waals surface area contributed by atoms with Gasteiger partial charge >= 0.3 is 0 Å². The second kappa shape index (κ2) is 12.7. The van der Waals surface area contributed by atoms with Gasteiger partial charge in [-0.05, 0) is 50.4 Å². The van der Waals surface area contributed by atoms with E-state index in [1.54, 1.807) is 7.11 Å². The van der Waals surface area contributed by atoms with E-state index in [-0.39, 0.29) is 18.3 Å². The SMILES string of the molecule is CO[C@H]1O[C@H](COCc2ccccc2)[C@H](O[Si](C)(C)C)[C@H](O[Si](C)(C)C)[C@H]1OCc1ccccc1. The molecular formula is C27H42O6Si2. The predicted octanol–water partition coefficient (Wildman–Crippen LogP) is 5.60. The lowest BCUT2D eigenvalue weighted by Crippen LogP contribution is -2.64. The lowest BCUT2D eigenvalue weighted by Gasteiger charge is -2.49. The smallest absolute Gasteiger partial charge is 0.186 e. The molecule has 0 saturated carbocycles. The average molecular weight is 519 g/mol. The summed E-state index contributed by atoms with van der Waals surface area (Å²) >= 11 is 0.